The van der Waals surface area contributed by atoms with Crippen molar-refractivity contribution in [2.24, 2.45) is 5.92 Å². The Kier molecular flexibility index (Phi) is 5.48. The SMILES string of the molecule is C[C@@H]1CCCN(C[C@@H](C)NC(=O)Cn2c(=O)cnc3ccccc32)C1. The van der Waals surface area contributed by atoms with Crippen LogP contribution in [0.2, 0.25) is 0 Å². The topological polar surface area (TPSA) is 67.2 Å². The van der Waals surface area contributed by atoms with Gasteiger partial charge in [0.2, 0.25) is 5.91 Å². The van der Waals surface area contributed by atoms with Crippen LogP contribution < -0.4 is 10.9 Å². The molecule has 6 nitrogen and oxygen atoms in total. The van der Waals surface area contributed by atoms with Crippen molar-refractivity contribution in [1.82, 2.24) is 19.8 Å². The molecule has 1 aliphatic rings. The van der Waals surface area contributed by atoms with Crippen LogP contribution in [0.15, 0.2) is 35.3 Å². The van der Waals surface area contributed by atoms with Crippen LogP contribution in [-0.2, 0) is 11.3 Å². The Morgan fingerprint density at radius 1 is 1.40 bits per heavy atom. The van der Waals surface area contributed by atoms with E-state index in [1.165, 1.54) is 23.6 Å². The lowest BCUT2D eigenvalue weighted by Crippen LogP contribution is -2.46. The molecule has 3 rings (SSSR count). The molecular formula is C19H26N4O2. The molecule has 1 fully saturated rings. The van der Waals surface area contributed by atoms with Gasteiger partial charge in [0.25, 0.3) is 5.56 Å². The minimum absolute atomic E-state index is 0.0165. The molecule has 1 aromatic heterocycles. The zero-order valence-corrected chi connectivity index (χ0v) is 14.9. The number of carbonyl (C=O) groups excluding carboxylic acids is 1. The number of benzene rings is 1. The predicted octanol–water partition coefficient (Wildman–Crippen LogP) is 1.63. The molecule has 134 valence electrons. The summed E-state index contributed by atoms with van der Waals surface area (Å²) < 4.78 is 1.48. The van der Waals surface area contributed by atoms with Gasteiger partial charge in [-0.1, -0.05) is 19.1 Å². The zero-order chi connectivity index (χ0) is 17.8. The van der Waals surface area contributed by atoms with E-state index in [0.29, 0.717) is 11.0 Å². The minimum atomic E-state index is -0.258. The molecule has 1 saturated heterocycles. The molecule has 2 heterocycles. The summed E-state index contributed by atoms with van der Waals surface area (Å²) in [5, 5.41) is 3.02. The fraction of sp³-hybridized carbons (Fsp3) is 0.526. The fourth-order valence-corrected chi connectivity index (χ4v) is 3.63. The highest BCUT2D eigenvalue weighted by Gasteiger charge is 2.19. The van der Waals surface area contributed by atoms with Crippen molar-refractivity contribution in [1.29, 1.82) is 0 Å². The number of rotatable bonds is 5. The Bertz CT molecular complexity index is 801. The van der Waals surface area contributed by atoms with E-state index in [0.717, 1.165) is 25.6 Å². The molecule has 1 aliphatic heterocycles. The second kappa shape index (κ2) is 7.78. The average molecular weight is 342 g/mol. The maximum absolute atomic E-state index is 12.4. The summed E-state index contributed by atoms with van der Waals surface area (Å²) in [5.74, 6) is 0.578. The van der Waals surface area contributed by atoms with Crippen molar-refractivity contribution < 1.29 is 4.79 Å². The molecule has 2 aromatic rings. The van der Waals surface area contributed by atoms with E-state index in [-0.39, 0.29) is 24.1 Å². The van der Waals surface area contributed by atoms with Crippen LogP contribution in [0.3, 0.4) is 0 Å². The molecule has 1 amide bonds. The van der Waals surface area contributed by atoms with Gasteiger partial charge in [-0.15, -0.1) is 0 Å². The van der Waals surface area contributed by atoms with E-state index >= 15 is 0 Å². The van der Waals surface area contributed by atoms with Crippen molar-refractivity contribution >= 4 is 16.9 Å². The first-order valence-electron chi connectivity index (χ1n) is 8.99. The molecule has 0 aliphatic carbocycles. The lowest BCUT2D eigenvalue weighted by atomic mass is 10.00. The Morgan fingerprint density at radius 3 is 3.00 bits per heavy atom. The fourth-order valence-electron chi connectivity index (χ4n) is 3.63. The summed E-state index contributed by atoms with van der Waals surface area (Å²) in [7, 11) is 0. The standard InChI is InChI=1S/C19H26N4O2/c1-14-6-5-9-22(11-14)12-15(2)21-18(24)13-23-17-8-4-3-7-16(17)20-10-19(23)25/h3-4,7-8,10,14-15H,5-6,9,11-13H2,1-2H3,(H,21,24)/t14-,15-/m1/s1. The van der Waals surface area contributed by atoms with E-state index in [4.69, 9.17) is 0 Å². The summed E-state index contributed by atoms with van der Waals surface area (Å²) in [5.41, 5.74) is 1.14. The van der Waals surface area contributed by atoms with Gasteiger partial charge in [-0.05, 0) is 44.4 Å². The Labute approximate surface area is 147 Å². The number of amides is 1. The highest BCUT2D eigenvalue weighted by molar-refractivity contribution is 5.80. The number of carbonyl (C=O) groups is 1. The van der Waals surface area contributed by atoms with Crippen molar-refractivity contribution in [2.45, 2.75) is 39.3 Å². The van der Waals surface area contributed by atoms with E-state index < -0.39 is 0 Å². The Morgan fingerprint density at radius 2 is 2.20 bits per heavy atom. The Balaban J connectivity index is 1.63. The third-order valence-electron chi connectivity index (χ3n) is 4.73. The third-order valence-corrected chi connectivity index (χ3v) is 4.73. The number of para-hydroxylation sites is 2. The number of fused-ring (bicyclic) bond motifs is 1. The molecular weight excluding hydrogens is 316 g/mol. The lowest BCUT2D eigenvalue weighted by Gasteiger charge is -2.32. The molecule has 2 atom stereocenters. The van der Waals surface area contributed by atoms with Crippen LogP contribution in [0.25, 0.3) is 11.0 Å². The van der Waals surface area contributed by atoms with Gasteiger partial charge >= 0.3 is 0 Å². The molecule has 25 heavy (non-hydrogen) atoms. The van der Waals surface area contributed by atoms with Crippen molar-refractivity contribution in [3.8, 4) is 0 Å². The quantitative estimate of drug-likeness (QED) is 0.897. The number of likely N-dealkylation sites (tertiary alicyclic amines) is 1. The summed E-state index contributed by atoms with van der Waals surface area (Å²) in [4.78, 5) is 31.1. The first-order valence-corrected chi connectivity index (χ1v) is 8.99. The first kappa shape index (κ1) is 17.6. The smallest absolute Gasteiger partial charge is 0.269 e. The highest BCUT2D eigenvalue weighted by Crippen LogP contribution is 2.15. The molecule has 0 unspecified atom stereocenters. The largest absolute Gasteiger partial charge is 0.351 e. The van der Waals surface area contributed by atoms with Gasteiger partial charge in [-0.3, -0.25) is 14.2 Å². The Hall–Kier alpha value is -2.21. The summed E-state index contributed by atoms with van der Waals surface area (Å²) in [6, 6.07) is 7.42. The van der Waals surface area contributed by atoms with Crippen LogP contribution >= 0.6 is 0 Å². The lowest BCUT2D eigenvalue weighted by molar-refractivity contribution is -0.122. The van der Waals surface area contributed by atoms with Crippen LogP contribution in [0, 0.1) is 5.92 Å². The predicted molar refractivity (Wildman–Crippen MR) is 98.4 cm³/mol. The summed E-state index contributed by atoms with van der Waals surface area (Å²) in [6.45, 7) is 7.35. The zero-order valence-electron chi connectivity index (χ0n) is 14.9. The van der Waals surface area contributed by atoms with Crippen molar-refractivity contribution in [3.63, 3.8) is 0 Å². The second-order valence-electron chi connectivity index (χ2n) is 7.15. The molecule has 0 saturated carbocycles. The monoisotopic (exact) mass is 342 g/mol. The molecule has 1 N–H and O–H groups in total. The van der Waals surface area contributed by atoms with Gasteiger partial charge in [0.1, 0.15) is 6.54 Å². The molecule has 6 heteroatoms. The van der Waals surface area contributed by atoms with Gasteiger partial charge in [-0.2, -0.15) is 0 Å². The number of nitrogens with zero attached hydrogens (tertiary/aromatic N) is 3. The van der Waals surface area contributed by atoms with Crippen molar-refractivity contribution in [3.05, 3.63) is 40.8 Å². The molecule has 0 radical (unpaired) electrons. The highest BCUT2D eigenvalue weighted by atomic mass is 16.2. The van der Waals surface area contributed by atoms with E-state index in [1.54, 1.807) is 0 Å². The number of aromatic nitrogens is 2. The molecule has 0 bridgehead atoms. The van der Waals surface area contributed by atoms with Gasteiger partial charge < -0.3 is 10.2 Å². The van der Waals surface area contributed by atoms with Gasteiger partial charge in [-0.25, -0.2) is 4.98 Å². The summed E-state index contributed by atoms with van der Waals surface area (Å²) >= 11 is 0. The maximum atomic E-state index is 12.4. The maximum Gasteiger partial charge on any atom is 0.269 e. The van der Waals surface area contributed by atoms with Crippen molar-refractivity contribution in [2.75, 3.05) is 19.6 Å². The van der Waals surface area contributed by atoms with E-state index in [1.807, 2.05) is 31.2 Å². The average Bonchev–Trinajstić information content (AvgIpc) is 2.57. The number of nitrogens with one attached hydrogen (secondary N) is 1. The minimum Gasteiger partial charge on any atom is -0.351 e. The third kappa shape index (κ3) is 4.45. The first-order chi connectivity index (χ1) is 12.0. The van der Waals surface area contributed by atoms with E-state index in [2.05, 4.69) is 22.1 Å². The molecule has 1 aromatic carbocycles. The van der Waals surface area contributed by atoms with Crippen LogP contribution in [0.4, 0.5) is 0 Å². The number of hydrogen-bond donors (Lipinski definition) is 1. The normalized spacial score (nSPS) is 19.7. The number of hydrogen-bond acceptors (Lipinski definition) is 4. The van der Waals surface area contributed by atoms with Crippen LogP contribution in [0.1, 0.15) is 26.7 Å². The van der Waals surface area contributed by atoms with Gasteiger partial charge in [0.05, 0.1) is 17.2 Å². The number of piperidine rings is 1. The molecule has 0 spiro atoms. The second-order valence-corrected chi connectivity index (χ2v) is 7.15. The van der Waals surface area contributed by atoms with Gasteiger partial charge in [0.15, 0.2) is 0 Å². The van der Waals surface area contributed by atoms with E-state index in [9.17, 15) is 9.59 Å². The summed E-state index contributed by atoms with van der Waals surface area (Å²) in [6.07, 6.45) is 3.78. The van der Waals surface area contributed by atoms with Crippen LogP contribution in [0.5, 0.6) is 0 Å². The van der Waals surface area contributed by atoms with Crippen LogP contribution in [-0.4, -0.2) is 46.0 Å². The van der Waals surface area contributed by atoms with Gasteiger partial charge in [0, 0.05) is 19.1 Å².